The van der Waals surface area contributed by atoms with Crippen LogP contribution in [0.15, 0.2) is 22.9 Å². The Kier molecular flexibility index (Phi) is 8.01. The summed E-state index contributed by atoms with van der Waals surface area (Å²) < 4.78 is 0.894. The molecule has 0 spiro atoms. The van der Waals surface area contributed by atoms with Gasteiger partial charge in [-0.05, 0) is 34.6 Å². The third kappa shape index (κ3) is 4.41. The molecule has 0 radical (unpaired) electrons. The van der Waals surface area contributed by atoms with E-state index in [0.717, 1.165) is 24.2 Å². The number of hydrogen-bond acceptors (Lipinski definition) is 3. The summed E-state index contributed by atoms with van der Waals surface area (Å²) in [4.78, 5) is 6.57. The predicted octanol–water partition coefficient (Wildman–Crippen LogP) is 2.58. The molecule has 2 rings (SSSR count). The van der Waals surface area contributed by atoms with Gasteiger partial charge >= 0.3 is 0 Å². The molecule has 16 heavy (non-hydrogen) atoms. The van der Waals surface area contributed by atoms with Gasteiger partial charge in [-0.3, -0.25) is 0 Å². The van der Waals surface area contributed by atoms with Crippen LogP contribution in [0.4, 0.5) is 0 Å². The fraction of sp³-hybridized carbons (Fsp3) is 0.500. The SMILES string of the molecule is Br.Br.CN1CCNC(c2ccc(Br)nc2)C1. The highest BCUT2D eigenvalue weighted by molar-refractivity contribution is 9.10. The van der Waals surface area contributed by atoms with E-state index in [1.54, 1.807) is 0 Å². The van der Waals surface area contributed by atoms with Gasteiger partial charge in [0.2, 0.25) is 0 Å². The second kappa shape index (κ2) is 7.76. The molecule has 1 atom stereocenters. The number of pyridine rings is 1. The number of nitrogens with one attached hydrogen (secondary N) is 1. The summed E-state index contributed by atoms with van der Waals surface area (Å²) in [6, 6.07) is 4.54. The first-order chi connectivity index (χ1) is 6.75. The molecule has 1 aromatic heterocycles. The van der Waals surface area contributed by atoms with E-state index in [4.69, 9.17) is 0 Å². The molecule has 1 unspecified atom stereocenters. The van der Waals surface area contributed by atoms with Gasteiger partial charge in [0, 0.05) is 31.9 Å². The Balaban J connectivity index is 0.00000112. The maximum Gasteiger partial charge on any atom is 0.106 e. The number of piperazine rings is 1. The lowest BCUT2D eigenvalue weighted by molar-refractivity contribution is 0.240. The number of halogens is 3. The van der Waals surface area contributed by atoms with Gasteiger partial charge in [0.05, 0.1) is 0 Å². The van der Waals surface area contributed by atoms with Crippen LogP contribution < -0.4 is 5.32 Å². The number of likely N-dealkylation sites (N-methyl/N-ethyl adjacent to an activating group) is 1. The van der Waals surface area contributed by atoms with Crippen molar-refractivity contribution in [3.63, 3.8) is 0 Å². The van der Waals surface area contributed by atoms with Gasteiger partial charge in [0.1, 0.15) is 4.60 Å². The second-order valence-electron chi connectivity index (χ2n) is 3.68. The van der Waals surface area contributed by atoms with E-state index in [-0.39, 0.29) is 34.0 Å². The van der Waals surface area contributed by atoms with E-state index in [9.17, 15) is 0 Å². The molecule has 6 heteroatoms. The van der Waals surface area contributed by atoms with Crippen LogP contribution in [0.1, 0.15) is 11.6 Å². The topological polar surface area (TPSA) is 28.2 Å². The fourth-order valence-electron chi connectivity index (χ4n) is 1.71. The van der Waals surface area contributed by atoms with E-state index in [1.165, 1.54) is 5.56 Å². The lowest BCUT2D eigenvalue weighted by Crippen LogP contribution is -2.43. The largest absolute Gasteiger partial charge is 0.308 e. The number of aromatic nitrogens is 1. The van der Waals surface area contributed by atoms with Crippen LogP contribution in [0.3, 0.4) is 0 Å². The van der Waals surface area contributed by atoms with Crippen molar-refractivity contribution in [1.82, 2.24) is 15.2 Å². The van der Waals surface area contributed by atoms with E-state index >= 15 is 0 Å². The molecule has 92 valence electrons. The quantitative estimate of drug-likeness (QED) is 0.712. The molecule has 0 bridgehead atoms. The minimum absolute atomic E-state index is 0. The zero-order chi connectivity index (χ0) is 9.97. The average molecular weight is 418 g/mol. The Hall–Kier alpha value is 0.510. The highest BCUT2D eigenvalue weighted by Crippen LogP contribution is 2.17. The molecule has 1 N–H and O–H groups in total. The van der Waals surface area contributed by atoms with E-state index < -0.39 is 0 Å². The molecule has 1 aliphatic heterocycles. The third-order valence-corrected chi connectivity index (χ3v) is 3.00. The first-order valence-electron chi connectivity index (χ1n) is 4.79. The van der Waals surface area contributed by atoms with Gasteiger partial charge in [-0.25, -0.2) is 4.98 Å². The molecular weight excluding hydrogens is 402 g/mol. The average Bonchev–Trinajstić information content (AvgIpc) is 2.19. The Labute approximate surface area is 126 Å². The van der Waals surface area contributed by atoms with Crippen LogP contribution in [0, 0.1) is 0 Å². The summed E-state index contributed by atoms with van der Waals surface area (Å²) in [7, 11) is 2.15. The van der Waals surface area contributed by atoms with Crippen molar-refractivity contribution in [2.75, 3.05) is 26.7 Å². The summed E-state index contributed by atoms with van der Waals surface area (Å²) >= 11 is 3.34. The van der Waals surface area contributed by atoms with Gasteiger partial charge in [-0.1, -0.05) is 6.07 Å². The molecule has 2 heterocycles. The Morgan fingerprint density at radius 3 is 2.75 bits per heavy atom. The zero-order valence-electron chi connectivity index (χ0n) is 9.02. The molecule has 0 amide bonds. The first-order valence-corrected chi connectivity index (χ1v) is 5.58. The van der Waals surface area contributed by atoms with Crippen molar-refractivity contribution in [3.8, 4) is 0 Å². The van der Waals surface area contributed by atoms with Gasteiger partial charge < -0.3 is 10.2 Å². The summed E-state index contributed by atoms with van der Waals surface area (Å²) in [5.74, 6) is 0. The first kappa shape index (κ1) is 16.5. The molecule has 0 aromatic carbocycles. The Morgan fingerprint density at radius 1 is 1.44 bits per heavy atom. The van der Waals surface area contributed by atoms with Gasteiger partial charge in [0.15, 0.2) is 0 Å². The molecule has 1 fully saturated rings. The maximum atomic E-state index is 4.24. The van der Waals surface area contributed by atoms with Crippen molar-refractivity contribution < 1.29 is 0 Å². The van der Waals surface area contributed by atoms with Crippen LogP contribution in [-0.2, 0) is 0 Å². The number of nitrogens with zero attached hydrogens (tertiary/aromatic N) is 2. The fourth-order valence-corrected chi connectivity index (χ4v) is 1.95. The summed E-state index contributed by atoms with van der Waals surface area (Å²) in [6.07, 6.45) is 1.93. The maximum absolute atomic E-state index is 4.24. The van der Waals surface area contributed by atoms with Crippen molar-refractivity contribution in [3.05, 3.63) is 28.5 Å². The van der Waals surface area contributed by atoms with Crippen LogP contribution in [-0.4, -0.2) is 36.6 Å². The summed E-state index contributed by atoms with van der Waals surface area (Å²) in [6.45, 7) is 3.24. The van der Waals surface area contributed by atoms with Crippen LogP contribution >= 0.6 is 49.9 Å². The van der Waals surface area contributed by atoms with Gasteiger partial charge in [0.25, 0.3) is 0 Å². The lowest BCUT2D eigenvalue weighted by atomic mass is 10.1. The van der Waals surface area contributed by atoms with Crippen molar-refractivity contribution in [2.24, 2.45) is 0 Å². The second-order valence-corrected chi connectivity index (χ2v) is 4.50. The van der Waals surface area contributed by atoms with Crippen LogP contribution in [0.25, 0.3) is 0 Å². The lowest BCUT2D eigenvalue weighted by Gasteiger charge is -2.30. The smallest absolute Gasteiger partial charge is 0.106 e. The summed E-state index contributed by atoms with van der Waals surface area (Å²) in [5, 5.41) is 3.49. The van der Waals surface area contributed by atoms with E-state index in [1.807, 2.05) is 12.3 Å². The van der Waals surface area contributed by atoms with Gasteiger partial charge in [-0.2, -0.15) is 0 Å². The highest BCUT2D eigenvalue weighted by atomic mass is 79.9. The minimum atomic E-state index is 0. The van der Waals surface area contributed by atoms with Crippen molar-refractivity contribution in [1.29, 1.82) is 0 Å². The van der Waals surface area contributed by atoms with Crippen molar-refractivity contribution >= 4 is 49.9 Å². The number of rotatable bonds is 1. The predicted molar refractivity (Wildman–Crippen MR) is 80.8 cm³/mol. The molecular formula is C10H16Br3N3. The summed E-state index contributed by atoms with van der Waals surface area (Å²) in [5.41, 5.74) is 1.26. The normalized spacial score (nSPS) is 20.8. The van der Waals surface area contributed by atoms with Crippen molar-refractivity contribution in [2.45, 2.75) is 6.04 Å². The van der Waals surface area contributed by atoms with E-state index in [0.29, 0.717) is 6.04 Å². The standard InChI is InChI=1S/C10H14BrN3.2BrH/c1-14-5-4-12-9(7-14)8-2-3-10(11)13-6-8;;/h2-3,6,9,12H,4-5,7H2,1H3;2*1H. The van der Waals surface area contributed by atoms with E-state index in [2.05, 4.69) is 44.2 Å². The molecule has 0 aliphatic carbocycles. The zero-order valence-corrected chi connectivity index (χ0v) is 14.0. The highest BCUT2D eigenvalue weighted by Gasteiger charge is 2.17. The molecule has 3 nitrogen and oxygen atoms in total. The van der Waals surface area contributed by atoms with Gasteiger partial charge in [-0.15, -0.1) is 34.0 Å². The number of hydrogen-bond donors (Lipinski definition) is 1. The monoisotopic (exact) mass is 415 g/mol. The third-order valence-electron chi connectivity index (χ3n) is 2.53. The van der Waals surface area contributed by atoms with Crippen LogP contribution in [0.2, 0.25) is 0 Å². The minimum Gasteiger partial charge on any atom is -0.308 e. The molecule has 1 saturated heterocycles. The molecule has 1 aromatic rings. The molecule has 1 aliphatic rings. The van der Waals surface area contributed by atoms with Crippen LogP contribution in [0.5, 0.6) is 0 Å². The molecule has 0 saturated carbocycles. The Bertz CT molecular complexity index is 305. The Morgan fingerprint density at radius 2 is 2.19 bits per heavy atom.